The molecule has 0 aliphatic rings. The summed E-state index contributed by atoms with van der Waals surface area (Å²) in [5, 5.41) is 11.9. The third-order valence-corrected chi connectivity index (χ3v) is 4.50. The first-order valence-corrected chi connectivity index (χ1v) is 8.59. The van der Waals surface area contributed by atoms with Crippen molar-refractivity contribution in [2.75, 3.05) is 11.1 Å². The fraction of sp³-hybridized carbons (Fsp3) is 0.263. The SMILES string of the molecule is Cc1cc(C)c(NC(=O)CSCc2cccc(C#N)c2)c(C)c1. The van der Waals surface area contributed by atoms with Crippen molar-refractivity contribution < 1.29 is 4.79 Å². The lowest BCUT2D eigenvalue weighted by Gasteiger charge is -2.12. The number of amides is 1. The van der Waals surface area contributed by atoms with Crippen LogP contribution in [0.4, 0.5) is 5.69 Å². The van der Waals surface area contributed by atoms with E-state index in [9.17, 15) is 4.79 Å². The number of carbonyl (C=O) groups is 1. The monoisotopic (exact) mass is 324 g/mol. The summed E-state index contributed by atoms with van der Waals surface area (Å²) in [5.41, 5.74) is 5.99. The van der Waals surface area contributed by atoms with Crippen molar-refractivity contribution in [3.8, 4) is 6.07 Å². The predicted octanol–water partition coefficient (Wildman–Crippen LogP) is 4.36. The summed E-state index contributed by atoms with van der Waals surface area (Å²) in [6.45, 7) is 6.07. The number of rotatable bonds is 5. The largest absolute Gasteiger partial charge is 0.325 e. The Morgan fingerprint density at radius 3 is 2.52 bits per heavy atom. The highest BCUT2D eigenvalue weighted by Gasteiger charge is 2.08. The van der Waals surface area contributed by atoms with Crippen LogP contribution in [0.2, 0.25) is 0 Å². The average Bonchev–Trinajstić information content (AvgIpc) is 2.51. The van der Waals surface area contributed by atoms with Gasteiger partial charge in [-0.15, -0.1) is 11.8 Å². The Balaban J connectivity index is 1.90. The van der Waals surface area contributed by atoms with Crippen LogP contribution in [0.25, 0.3) is 0 Å². The first-order valence-electron chi connectivity index (χ1n) is 7.44. The van der Waals surface area contributed by atoms with Gasteiger partial charge in [0.25, 0.3) is 0 Å². The van der Waals surface area contributed by atoms with Crippen LogP contribution in [0.15, 0.2) is 36.4 Å². The number of hydrogen-bond donors (Lipinski definition) is 1. The quantitative estimate of drug-likeness (QED) is 0.889. The Morgan fingerprint density at radius 1 is 1.17 bits per heavy atom. The number of nitrogens with zero attached hydrogens (tertiary/aromatic N) is 1. The van der Waals surface area contributed by atoms with Gasteiger partial charge in [0.1, 0.15) is 0 Å². The molecule has 0 fully saturated rings. The lowest BCUT2D eigenvalue weighted by Crippen LogP contribution is -2.16. The fourth-order valence-corrected chi connectivity index (χ4v) is 3.32. The number of benzene rings is 2. The molecule has 4 heteroatoms. The standard InChI is InChI=1S/C19H20N2OS/c1-13-7-14(2)19(15(3)8-13)21-18(22)12-23-11-17-6-4-5-16(9-17)10-20/h4-9H,11-12H2,1-3H3,(H,21,22). The Labute approximate surface area is 141 Å². The molecule has 3 nitrogen and oxygen atoms in total. The van der Waals surface area contributed by atoms with Crippen molar-refractivity contribution in [1.29, 1.82) is 5.26 Å². The highest BCUT2D eigenvalue weighted by molar-refractivity contribution is 7.99. The highest BCUT2D eigenvalue weighted by Crippen LogP contribution is 2.22. The van der Waals surface area contributed by atoms with E-state index in [0.717, 1.165) is 28.1 Å². The molecule has 0 aliphatic heterocycles. The Morgan fingerprint density at radius 2 is 1.87 bits per heavy atom. The number of anilines is 1. The first kappa shape index (κ1) is 17.1. The minimum absolute atomic E-state index is 0.00138. The van der Waals surface area contributed by atoms with E-state index in [1.807, 2.05) is 32.0 Å². The second-order valence-corrected chi connectivity index (χ2v) is 6.61. The average molecular weight is 324 g/mol. The molecular weight excluding hydrogens is 304 g/mol. The molecular formula is C19H20N2OS. The van der Waals surface area contributed by atoms with Gasteiger partial charge in [0.2, 0.25) is 5.91 Å². The molecule has 1 amide bonds. The molecule has 2 rings (SSSR count). The van der Waals surface area contributed by atoms with Crippen LogP contribution in [-0.2, 0) is 10.5 Å². The van der Waals surface area contributed by atoms with Gasteiger partial charge in [-0.3, -0.25) is 4.79 Å². The van der Waals surface area contributed by atoms with Crippen molar-refractivity contribution in [2.24, 2.45) is 0 Å². The lowest BCUT2D eigenvalue weighted by molar-refractivity contribution is -0.113. The maximum Gasteiger partial charge on any atom is 0.234 e. The molecule has 2 aromatic rings. The number of nitriles is 1. The zero-order valence-corrected chi connectivity index (χ0v) is 14.5. The minimum Gasteiger partial charge on any atom is -0.325 e. The van der Waals surface area contributed by atoms with Gasteiger partial charge < -0.3 is 5.32 Å². The van der Waals surface area contributed by atoms with E-state index in [1.165, 1.54) is 5.56 Å². The summed E-state index contributed by atoms with van der Waals surface area (Å²) in [6.07, 6.45) is 0. The molecule has 0 radical (unpaired) electrons. The van der Waals surface area contributed by atoms with Gasteiger partial charge >= 0.3 is 0 Å². The minimum atomic E-state index is 0.00138. The van der Waals surface area contributed by atoms with Crippen molar-refractivity contribution in [3.05, 3.63) is 64.2 Å². The van der Waals surface area contributed by atoms with Gasteiger partial charge in [-0.25, -0.2) is 0 Å². The molecule has 0 spiro atoms. The normalized spacial score (nSPS) is 10.2. The molecule has 23 heavy (non-hydrogen) atoms. The van der Waals surface area contributed by atoms with E-state index in [-0.39, 0.29) is 5.91 Å². The van der Waals surface area contributed by atoms with E-state index >= 15 is 0 Å². The fourth-order valence-electron chi connectivity index (χ4n) is 2.54. The van der Waals surface area contributed by atoms with Crippen LogP contribution >= 0.6 is 11.8 Å². The van der Waals surface area contributed by atoms with E-state index in [2.05, 4.69) is 30.4 Å². The first-order chi connectivity index (χ1) is 11.0. The number of aryl methyl sites for hydroxylation is 3. The zero-order valence-electron chi connectivity index (χ0n) is 13.6. The second kappa shape index (κ2) is 7.85. The van der Waals surface area contributed by atoms with Gasteiger partial charge in [-0.1, -0.05) is 29.8 Å². The summed E-state index contributed by atoms with van der Waals surface area (Å²) < 4.78 is 0. The summed E-state index contributed by atoms with van der Waals surface area (Å²) in [5.74, 6) is 1.11. The van der Waals surface area contributed by atoms with Crippen LogP contribution in [-0.4, -0.2) is 11.7 Å². The van der Waals surface area contributed by atoms with Crippen LogP contribution < -0.4 is 5.32 Å². The topological polar surface area (TPSA) is 52.9 Å². The predicted molar refractivity (Wildman–Crippen MR) is 96.6 cm³/mol. The van der Waals surface area contributed by atoms with Gasteiger partial charge in [0, 0.05) is 11.4 Å². The van der Waals surface area contributed by atoms with E-state index in [0.29, 0.717) is 11.3 Å². The van der Waals surface area contributed by atoms with E-state index < -0.39 is 0 Å². The summed E-state index contributed by atoms with van der Waals surface area (Å²) >= 11 is 1.55. The second-order valence-electron chi connectivity index (χ2n) is 5.63. The molecule has 118 valence electrons. The van der Waals surface area contributed by atoms with Crippen molar-refractivity contribution in [3.63, 3.8) is 0 Å². The van der Waals surface area contributed by atoms with Gasteiger partial charge in [-0.2, -0.15) is 5.26 Å². The number of hydrogen-bond acceptors (Lipinski definition) is 3. The van der Waals surface area contributed by atoms with Crippen molar-refractivity contribution >= 4 is 23.4 Å². The van der Waals surface area contributed by atoms with Gasteiger partial charge in [0.05, 0.1) is 17.4 Å². The van der Waals surface area contributed by atoms with Crippen LogP contribution in [0.5, 0.6) is 0 Å². The number of carbonyl (C=O) groups excluding carboxylic acids is 1. The maximum atomic E-state index is 12.1. The molecule has 0 saturated heterocycles. The van der Waals surface area contributed by atoms with E-state index in [4.69, 9.17) is 5.26 Å². The van der Waals surface area contributed by atoms with E-state index in [1.54, 1.807) is 17.8 Å². The third kappa shape index (κ3) is 4.87. The van der Waals surface area contributed by atoms with Crippen molar-refractivity contribution in [2.45, 2.75) is 26.5 Å². The van der Waals surface area contributed by atoms with Gasteiger partial charge in [-0.05, 0) is 49.6 Å². The molecule has 0 bridgehead atoms. The molecule has 1 N–H and O–H groups in total. The summed E-state index contributed by atoms with van der Waals surface area (Å²) in [4.78, 5) is 12.1. The Hall–Kier alpha value is -2.25. The molecule has 0 saturated carbocycles. The summed E-state index contributed by atoms with van der Waals surface area (Å²) in [7, 11) is 0. The number of thioether (sulfide) groups is 1. The zero-order chi connectivity index (χ0) is 16.8. The Kier molecular flexibility index (Phi) is 5.84. The third-order valence-electron chi connectivity index (χ3n) is 3.50. The molecule has 0 atom stereocenters. The van der Waals surface area contributed by atoms with Crippen LogP contribution in [0, 0.1) is 32.1 Å². The van der Waals surface area contributed by atoms with Crippen molar-refractivity contribution in [1.82, 2.24) is 0 Å². The molecule has 0 aromatic heterocycles. The molecule has 0 heterocycles. The van der Waals surface area contributed by atoms with Crippen LogP contribution in [0.1, 0.15) is 27.8 Å². The number of nitrogens with one attached hydrogen (secondary N) is 1. The smallest absolute Gasteiger partial charge is 0.234 e. The molecule has 0 unspecified atom stereocenters. The maximum absolute atomic E-state index is 12.1. The lowest BCUT2D eigenvalue weighted by atomic mass is 10.1. The molecule has 2 aromatic carbocycles. The molecule has 0 aliphatic carbocycles. The van der Waals surface area contributed by atoms with Gasteiger partial charge in [0.15, 0.2) is 0 Å². The Bertz CT molecular complexity index is 739. The summed E-state index contributed by atoms with van der Waals surface area (Å²) in [6, 6.07) is 13.8. The van der Waals surface area contributed by atoms with Crippen LogP contribution in [0.3, 0.4) is 0 Å². The highest BCUT2D eigenvalue weighted by atomic mass is 32.2.